The van der Waals surface area contributed by atoms with Gasteiger partial charge in [-0.2, -0.15) is 0 Å². The van der Waals surface area contributed by atoms with Gasteiger partial charge in [0.05, 0.1) is 0 Å². The molecule has 2 N–H and O–H groups in total. The summed E-state index contributed by atoms with van der Waals surface area (Å²) >= 11 is 0. The van der Waals surface area contributed by atoms with Crippen LogP contribution in [0.1, 0.15) is 24.8 Å². The van der Waals surface area contributed by atoms with Gasteiger partial charge in [-0.05, 0) is 48.2 Å². The van der Waals surface area contributed by atoms with Crippen molar-refractivity contribution in [2.45, 2.75) is 31.9 Å². The number of hydrogen-bond donors (Lipinski definition) is 2. The van der Waals surface area contributed by atoms with E-state index in [4.69, 9.17) is 4.74 Å². The number of fused-ring (bicyclic) bond motifs is 1. The van der Waals surface area contributed by atoms with E-state index in [-0.39, 0.29) is 5.92 Å². The van der Waals surface area contributed by atoms with Crippen LogP contribution >= 0.6 is 0 Å². The summed E-state index contributed by atoms with van der Waals surface area (Å²) in [6.45, 7) is 0.486. The molecule has 0 aromatic heterocycles. The molecule has 2 fully saturated rings. The fourth-order valence-corrected chi connectivity index (χ4v) is 3.54. The molecule has 0 saturated heterocycles. The van der Waals surface area contributed by atoms with E-state index in [2.05, 4.69) is 5.32 Å². The second kappa shape index (κ2) is 4.79. The zero-order valence-electron chi connectivity index (χ0n) is 11.8. The Morgan fingerprint density at radius 2 is 2.05 bits per heavy atom. The summed E-state index contributed by atoms with van der Waals surface area (Å²) in [4.78, 5) is 11.5. The maximum absolute atomic E-state index is 11.5. The van der Waals surface area contributed by atoms with Gasteiger partial charge in [-0.3, -0.25) is 0 Å². The van der Waals surface area contributed by atoms with Gasteiger partial charge in [0.25, 0.3) is 0 Å². The van der Waals surface area contributed by atoms with E-state index in [1.807, 2.05) is 30.3 Å². The molecule has 3 aliphatic rings. The van der Waals surface area contributed by atoms with E-state index >= 15 is 0 Å². The van der Waals surface area contributed by atoms with Gasteiger partial charge in [0.2, 0.25) is 0 Å². The Bertz CT molecular complexity index is 591. The van der Waals surface area contributed by atoms with Crippen molar-refractivity contribution in [1.82, 2.24) is 5.32 Å². The van der Waals surface area contributed by atoms with Crippen LogP contribution in [-0.2, 0) is 16.1 Å². The standard InChI is InChI=1S/C17H19NO3/c19-17(20)15-14(11-6-7-11)12-8-13(12)16(18-15)21-9-10-4-2-1-3-5-10/h1-5,11-12,14-15,18H,6-9H2,(H,19,20)/t12?,14?,15-/m0/s1. The predicted octanol–water partition coefficient (Wildman–Crippen LogP) is 2.52. The third-order valence-corrected chi connectivity index (χ3v) is 4.81. The number of aliphatic carboxylic acids is 1. The number of allylic oxidation sites excluding steroid dienone is 1. The lowest BCUT2D eigenvalue weighted by atomic mass is 9.87. The van der Waals surface area contributed by atoms with Gasteiger partial charge in [-0.25, -0.2) is 4.79 Å². The summed E-state index contributed by atoms with van der Waals surface area (Å²) in [7, 11) is 0. The third-order valence-electron chi connectivity index (χ3n) is 4.81. The van der Waals surface area contributed by atoms with Crippen LogP contribution in [0.25, 0.3) is 0 Å². The molecule has 1 aromatic rings. The second-order valence-electron chi connectivity index (χ2n) is 6.31. The maximum atomic E-state index is 11.5. The first-order valence-corrected chi connectivity index (χ1v) is 7.63. The monoisotopic (exact) mass is 285 g/mol. The lowest BCUT2D eigenvalue weighted by Gasteiger charge is -2.30. The molecule has 0 spiro atoms. The highest BCUT2D eigenvalue weighted by Crippen LogP contribution is 2.57. The number of ether oxygens (including phenoxy) is 1. The molecule has 4 rings (SSSR count). The molecule has 4 nitrogen and oxygen atoms in total. The molecule has 2 saturated carbocycles. The van der Waals surface area contributed by atoms with Gasteiger partial charge in [0, 0.05) is 0 Å². The van der Waals surface area contributed by atoms with Crippen LogP contribution in [0.5, 0.6) is 0 Å². The van der Waals surface area contributed by atoms with Crippen molar-refractivity contribution in [3.8, 4) is 0 Å². The minimum Gasteiger partial charge on any atom is -0.480 e. The summed E-state index contributed by atoms with van der Waals surface area (Å²) < 4.78 is 5.86. The quantitative estimate of drug-likeness (QED) is 0.873. The highest BCUT2D eigenvalue weighted by Gasteiger charge is 2.55. The van der Waals surface area contributed by atoms with E-state index in [1.165, 1.54) is 18.4 Å². The first-order chi connectivity index (χ1) is 10.2. The Morgan fingerprint density at radius 1 is 1.29 bits per heavy atom. The number of benzene rings is 1. The number of nitrogens with one attached hydrogen (secondary N) is 1. The minimum atomic E-state index is -0.751. The van der Waals surface area contributed by atoms with Crippen molar-refractivity contribution < 1.29 is 14.6 Å². The zero-order valence-corrected chi connectivity index (χ0v) is 11.8. The van der Waals surface area contributed by atoms with Gasteiger partial charge in [0.15, 0.2) is 5.88 Å². The predicted molar refractivity (Wildman–Crippen MR) is 77.1 cm³/mol. The summed E-state index contributed by atoms with van der Waals surface area (Å²) in [6.07, 6.45) is 3.36. The fraction of sp³-hybridized carbons (Fsp3) is 0.471. The molecule has 0 radical (unpaired) electrons. The van der Waals surface area contributed by atoms with Gasteiger partial charge < -0.3 is 15.2 Å². The highest BCUT2D eigenvalue weighted by molar-refractivity contribution is 5.75. The molecule has 1 aromatic carbocycles. The summed E-state index contributed by atoms with van der Waals surface area (Å²) in [5.74, 6) is 1.26. The van der Waals surface area contributed by atoms with Crippen LogP contribution in [0.3, 0.4) is 0 Å². The first-order valence-electron chi connectivity index (χ1n) is 7.63. The average Bonchev–Trinajstić information content (AvgIpc) is 3.37. The SMILES string of the molecule is O=C(O)[C@H]1NC(OCc2ccccc2)=C2CC2C1C1CC1. The molecule has 0 bridgehead atoms. The Hall–Kier alpha value is -1.97. The van der Waals surface area contributed by atoms with Crippen LogP contribution in [0, 0.1) is 17.8 Å². The molecular weight excluding hydrogens is 266 g/mol. The van der Waals surface area contributed by atoms with E-state index in [1.54, 1.807) is 0 Å². The van der Waals surface area contributed by atoms with Crippen molar-refractivity contribution >= 4 is 5.97 Å². The van der Waals surface area contributed by atoms with Gasteiger partial charge in [0.1, 0.15) is 12.6 Å². The van der Waals surface area contributed by atoms with Crippen LogP contribution in [-0.4, -0.2) is 17.1 Å². The Morgan fingerprint density at radius 3 is 2.71 bits per heavy atom. The van der Waals surface area contributed by atoms with Crippen molar-refractivity contribution in [1.29, 1.82) is 0 Å². The molecule has 21 heavy (non-hydrogen) atoms. The maximum Gasteiger partial charge on any atom is 0.326 e. The van der Waals surface area contributed by atoms with Gasteiger partial charge >= 0.3 is 5.97 Å². The lowest BCUT2D eigenvalue weighted by Crippen LogP contribution is -2.46. The summed E-state index contributed by atoms with van der Waals surface area (Å²) in [5, 5.41) is 12.6. The van der Waals surface area contributed by atoms with Crippen molar-refractivity contribution in [2.24, 2.45) is 17.8 Å². The molecule has 110 valence electrons. The molecule has 4 heteroatoms. The number of hydrogen-bond acceptors (Lipinski definition) is 3. The molecular formula is C17H19NO3. The Kier molecular flexibility index (Phi) is 2.91. The van der Waals surface area contributed by atoms with Crippen LogP contribution in [0.15, 0.2) is 41.8 Å². The topological polar surface area (TPSA) is 58.6 Å². The molecule has 3 atom stereocenters. The Balaban J connectivity index is 1.49. The van der Waals surface area contributed by atoms with E-state index < -0.39 is 12.0 Å². The molecule has 2 unspecified atom stereocenters. The van der Waals surface area contributed by atoms with Crippen molar-refractivity contribution in [3.63, 3.8) is 0 Å². The number of carboxylic acids is 1. The fourth-order valence-electron chi connectivity index (χ4n) is 3.54. The van der Waals surface area contributed by atoms with Gasteiger partial charge in [-0.15, -0.1) is 0 Å². The average molecular weight is 285 g/mol. The molecule has 1 heterocycles. The van der Waals surface area contributed by atoms with E-state index in [0.29, 0.717) is 24.3 Å². The lowest BCUT2D eigenvalue weighted by molar-refractivity contribution is -0.141. The smallest absolute Gasteiger partial charge is 0.326 e. The Labute approximate surface area is 123 Å². The van der Waals surface area contributed by atoms with E-state index in [9.17, 15) is 9.90 Å². The largest absolute Gasteiger partial charge is 0.480 e. The van der Waals surface area contributed by atoms with Crippen LogP contribution in [0.4, 0.5) is 0 Å². The van der Waals surface area contributed by atoms with Gasteiger partial charge in [-0.1, -0.05) is 30.3 Å². The molecule has 0 amide bonds. The van der Waals surface area contributed by atoms with Crippen molar-refractivity contribution in [2.75, 3.05) is 0 Å². The summed E-state index contributed by atoms with van der Waals surface area (Å²) in [6, 6.07) is 9.48. The zero-order chi connectivity index (χ0) is 14.4. The van der Waals surface area contributed by atoms with E-state index in [0.717, 1.165) is 12.0 Å². The van der Waals surface area contributed by atoms with Crippen LogP contribution in [0.2, 0.25) is 0 Å². The molecule has 2 aliphatic carbocycles. The highest BCUT2D eigenvalue weighted by atomic mass is 16.5. The molecule has 1 aliphatic heterocycles. The number of carbonyl (C=O) groups is 1. The normalized spacial score (nSPS) is 30.4. The second-order valence-corrected chi connectivity index (χ2v) is 6.31. The minimum absolute atomic E-state index is 0.265. The van der Waals surface area contributed by atoms with Crippen molar-refractivity contribution in [3.05, 3.63) is 47.4 Å². The third kappa shape index (κ3) is 2.39. The number of rotatable bonds is 5. The summed E-state index contributed by atoms with van der Waals surface area (Å²) in [5.41, 5.74) is 2.39. The number of carboxylic acid groups (broad SMARTS) is 1. The first kappa shape index (κ1) is 12.7. The van der Waals surface area contributed by atoms with Crippen LogP contribution < -0.4 is 5.32 Å².